The zero-order chi connectivity index (χ0) is 20.9. The van der Waals surface area contributed by atoms with Gasteiger partial charge in [-0.15, -0.1) is 0 Å². The summed E-state index contributed by atoms with van der Waals surface area (Å²) in [4.78, 5) is 17.7. The van der Waals surface area contributed by atoms with Crippen molar-refractivity contribution in [1.82, 2.24) is 9.55 Å². The van der Waals surface area contributed by atoms with E-state index in [1.165, 1.54) is 19.1 Å². The molecule has 0 saturated heterocycles. The number of alkyl halides is 2. The molecule has 2 aromatic carbocycles. The van der Waals surface area contributed by atoms with Gasteiger partial charge < -0.3 is 14.4 Å². The normalized spacial score (nSPS) is 16.3. The minimum atomic E-state index is -4.08. The first-order valence-electron chi connectivity index (χ1n) is 8.78. The Kier molecular flexibility index (Phi) is 4.24. The number of hydrogen-bond acceptors (Lipinski definition) is 5. The molecule has 1 aromatic heterocycles. The summed E-state index contributed by atoms with van der Waals surface area (Å²) in [5.41, 5.74) is 1.69. The molecule has 0 radical (unpaired) electrons. The summed E-state index contributed by atoms with van der Waals surface area (Å²) in [6.45, 7) is 1.16. The summed E-state index contributed by atoms with van der Waals surface area (Å²) >= 11 is 0. The number of rotatable bonds is 3. The Morgan fingerprint density at radius 2 is 2.03 bits per heavy atom. The highest BCUT2D eigenvalue weighted by atomic mass is 19.3. The topological polar surface area (TPSA) is 91.4 Å². The number of aliphatic hydroxyl groups is 1. The van der Waals surface area contributed by atoms with Crippen molar-refractivity contribution in [2.24, 2.45) is 7.05 Å². The average Bonchev–Trinajstić information content (AvgIpc) is 3.00. The quantitative estimate of drug-likeness (QED) is 0.732. The number of aliphatic hydroxyl groups excluding tert-OH is 1. The lowest BCUT2D eigenvalue weighted by atomic mass is 10.1. The second kappa shape index (κ2) is 6.53. The number of aromatic nitrogens is 2. The lowest BCUT2D eigenvalue weighted by Crippen LogP contribution is -2.51. The molecular weight excluding hydrogens is 382 g/mol. The van der Waals surface area contributed by atoms with Crippen LogP contribution < -0.4 is 9.64 Å². The van der Waals surface area contributed by atoms with Crippen LogP contribution in [-0.2, 0) is 18.4 Å². The van der Waals surface area contributed by atoms with Crippen LogP contribution in [0.1, 0.15) is 30.0 Å². The van der Waals surface area contributed by atoms with Gasteiger partial charge in [0.2, 0.25) is 0 Å². The minimum Gasteiger partial charge on any atom is -0.423 e. The predicted octanol–water partition coefficient (Wildman–Crippen LogP) is 3.02. The number of para-hydroxylation sites is 2. The second-order valence-electron chi connectivity index (χ2n) is 6.75. The molecule has 0 saturated carbocycles. The van der Waals surface area contributed by atoms with E-state index in [9.17, 15) is 23.9 Å². The van der Waals surface area contributed by atoms with Crippen molar-refractivity contribution in [3.05, 3.63) is 53.3 Å². The smallest absolute Gasteiger partial charge is 0.423 e. The molecule has 0 aliphatic carbocycles. The first kappa shape index (κ1) is 18.8. The van der Waals surface area contributed by atoms with Gasteiger partial charge in [-0.2, -0.15) is 14.0 Å². The monoisotopic (exact) mass is 398 g/mol. The van der Waals surface area contributed by atoms with Crippen LogP contribution in [-0.4, -0.2) is 26.7 Å². The maximum absolute atomic E-state index is 14.3. The number of carbonyl (C=O) groups is 1. The number of carbonyl (C=O) groups excluding carboxylic acids is 1. The van der Waals surface area contributed by atoms with Crippen LogP contribution in [0.15, 0.2) is 36.4 Å². The second-order valence-corrected chi connectivity index (χ2v) is 6.75. The third-order valence-corrected chi connectivity index (χ3v) is 4.91. The number of anilines is 1. The van der Waals surface area contributed by atoms with Crippen molar-refractivity contribution in [2.45, 2.75) is 25.7 Å². The Bertz CT molecular complexity index is 1180. The molecule has 1 aliphatic heterocycles. The number of amides is 1. The largest absolute Gasteiger partial charge is 0.483 e. The van der Waals surface area contributed by atoms with Gasteiger partial charge in [0.25, 0.3) is 0 Å². The number of aryl methyl sites for hydroxylation is 1. The van der Waals surface area contributed by atoms with E-state index in [-0.39, 0.29) is 23.5 Å². The van der Waals surface area contributed by atoms with Crippen LogP contribution in [0.4, 0.5) is 14.5 Å². The van der Waals surface area contributed by atoms with Crippen molar-refractivity contribution >= 4 is 22.6 Å². The van der Waals surface area contributed by atoms with Gasteiger partial charge in [0.05, 0.1) is 29.4 Å². The third kappa shape index (κ3) is 2.89. The molecule has 0 bridgehead atoms. The molecule has 1 N–H and O–H groups in total. The Hall–Kier alpha value is -3.51. The summed E-state index contributed by atoms with van der Waals surface area (Å²) in [5, 5.41) is 19.2. The molecular formula is C20H16F2N4O3. The van der Waals surface area contributed by atoms with Crippen LogP contribution >= 0.6 is 0 Å². The van der Waals surface area contributed by atoms with Crippen molar-refractivity contribution in [3.63, 3.8) is 0 Å². The molecule has 2 heterocycles. The molecule has 3 aromatic rings. The van der Waals surface area contributed by atoms with Gasteiger partial charge >= 0.3 is 12.0 Å². The highest BCUT2D eigenvalue weighted by Gasteiger charge is 2.51. The fraction of sp³-hybridized carbons (Fsp3) is 0.250. The molecule has 4 rings (SSSR count). The van der Waals surface area contributed by atoms with Gasteiger partial charge in [-0.05, 0) is 25.1 Å². The maximum Gasteiger partial charge on any atom is 0.483 e. The van der Waals surface area contributed by atoms with Crippen molar-refractivity contribution in [1.29, 1.82) is 5.26 Å². The number of imidazole rings is 1. The summed E-state index contributed by atoms with van der Waals surface area (Å²) in [5.74, 6) is -1.45. The Labute approximate surface area is 164 Å². The number of ether oxygens (including phenoxy) is 1. The van der Waals surface area contributed by atoms with E-state index >= 15 is 0 Å². The van der Waals surface area contributed by atoms with Gasteiger partial charge in [0, 0.05) is 12.6 Å². The molecule has 1 amide bonds. The Balaban J connectivity index is 1.85. The number of nitriles is 1. The van der Waals surface area contributed by atoms with Crippen LogP contribution in [0, 0.1) is 11.3 Å². The lowest BCUT2D eigenvalue weighted by Gasteiger charge is -2.34. The predicted molar refractivity (Wildman–Crippen MR) is 99.3 cm³/mol. The molecule has 29 heavy (non-hydrogen) atoms. The molecule has 9 heteroatoms. The first-order chi connectivity index (χ1) is 13.7. The van der Waals surface area contributed by atoms with Gasteiger partial charge in [0.15, 0.2) is 5.75 Å². The highest BCUT2D eigenvalue weighted by molar-refractivity contribution is 6.01. The summed E-state index contributed by atoms with van der Waals surface area (Å²) in [7, 11) is 1.68. The number of halogens is 2. The first-order valence-corrected chi connectivity index (χ1v) is 8.78. The minimum absolute atomic E-state index is 0.117. The van der Waals surface area contributed by atoms with E-state index in [1.807, 2.05) is 6.07 Å². The number of benzene rings is 2. The van der Waals surface area contributed by atoms with E-state index in [2.05, 4.69) is 9.72 Å². The molecule has 148 valence electrons. The van der Waals surface area contributed by atoms with Crippen LogP contribution in [0.3, 0.4) is 0 Å². The number of nitrogens with zero attached hydrogens (tertiary/aromatic N) is 4. The van der Waals surface area contributed by atoms with E-state index < -0.39 is 18.1 Å². The van der Waals surface area contributed by atoms with Crippen molar-refractivity contribution < 1.29 is 23.4 Å². The van der Waals surface area contributed by atoms with Gasteiger partial charge in [-0.3, -0.25) is 9.69 Å². The van der Waals surface area contributed by atoms with Crippen molar-refractivity contribution in [3.8, 4) is 11.8 Å². The number of hydrogen-bond donors (Lipinski definition) is 1. The molecule has 7 nitrogen and oxygen atoms in total. The SMILES string of the molecule is CC(O)c1cccc2c1OC(F)(F)C(=O)N2Cc1nc2c(C#N)cccc2n1C. The van der Waals surface area contributed by atoms with Crippen molar-refractivity contribution in [2.75, 3.05) is 4.90 Å². The van der Waals surface area contributed by atoms with Gasteiger partial charge in [0.1, 0.15) is 17.4 Å². The Morgan fingerprint density at radius 1 is 1.31 bits per heavy atom. The fourth-order valence-electron chi connectivity index (χ4n) is 3.43. The summed E-state index contributed by atoms with van der Waals surface area (Å²) < 4.78 is 35.0. The molecule has 1 unspecified atom stereocenters. The summed E-state index contributed by atoms with van der Waals surface area (Å²) in [6, 6.07) is 11.6. The summed E-state index contributed by atoms with van der Waals surface area (Å²) in [6.07, 6.45) is -5.15. The highest BCUT2D eigenvalue weighted by Crippen LogP contribution is 2.44. The molecule has 1 aliphatic rings. The Morgan fingerprint density at radius 3 is 2.72 bits per heavy atom. The van der Waals surface area contributed by atoms with E-state index in [0.29, 0.717) is 22.4 Å². The van der Waals surface area contributed by atoms with E-state index in [4.69, 9.17) is 0 Å². The zero-order valence-electron chi connectivity index (χ0n) is 15.6. The third-order valence-electron chi connectivity index (χ3n) is 4.91. The molecule has 1 atom stereocenters. The zero-order valence-corrected chi connectivity index (χ0v) is 15.6. The standard InChI is InChI=1S/C20H16F2N4O3/c1-11(27)13-6-4-8-15-18(13)29-20(21,22)19(28)26(15)10-16-24-17-12(9-23)5-3-7-14(17)25(16)2/h3-8,11,27H,10H2,1-2H3. The molecule has 0 fully saturated rings. The molecule has 0 spiro atoms. The van der Waals surface area contributed by atoms with Crippen LogP contribution in [0.5, 0.6) is 5.75 Å². The average molecular weight is 398 g/mol. The van der Waals surface area contributed by atoms with E-state index in [0.717, 1.165) is 4.90 Å². The van der Waals surface area contributed by atoms with Gasteiger partial charge in [-0.25, -0.2) is 4.98 Å². The van der Waals surface area contributed by atoms with Gasteiger partial charge in [-0.1, -0.05) is 18.2 Å². The van der Waals surface area contributed by atoms with Crippen LogP contribution in [0.2, 0.25) is 0 Å². The van der Waals surface area contributed by atoms with E-state index in [1.54, 1.807) is 35.9 Å². The fourth-order valence-corrected chi connectivity index (χ4v) is 3.43. The van der Waals surface area contributed by atoms with Crippen LogP contribution in [0.25, 0.3) is 11.0 Å². The lowest BCUT2D eigenvalue weighted by molar-refractivity contribution is -0.193. The maximum atomic E-state index is 14.3. The number of fused-ring (bicyclic) bond motifs is 2.